The lowest BCUT2D eigenvalue weighted by atomic mass is 9.91. The highest BCUT2D eigenvalue weighted by Crippen LogP contribution is 2.35. The molecule has 0 aromatic heterocycles. The SMILES string of the molecule is CCNCC(c1ccc(OC)cc1)C1(C)OCCO1. The second kappa shape index (κ2) is 6.37. The second-order valence-corrected chi connectivity index (χ2v) is 4.85. The smallest absolute Gasteiger partial charge is 0.173 e. The molecule has 2 rings (SSSR count). The maximum atomic E-state index is 5.82. The van der Waals surface area contributed by atoms with Gasteiger partial charge in [0.05, 0.1) is 26.2 Å². The van der Waals surface area contributed by atoms with Gasteiger partial charge < -0.3 is 19.5 Å². The Morgan fingerprint density at radius 2 is 1.89 bits per heavy atom. The van der Waals surface area contributed by atoms with E-state index in [1.165, 1.54) is 5.56 Å². The minimum absolute atomic E-state index is 0.167. The van der Waals surface area contributed by atoms with Gasteiger partial charge in [-0.3, -0.25) is 0 Å². The van der Waals surface area contributed by atoms with E-state index in [1.807, 2.05) is 19.1 Å². The first-order chi connectivity index (χ1) is 9.19. The number of rotatable bonds is 6. The predicted octanol–water partition coefficient (Wildman–Crippen LogP) is 2.15. The van der Waals surface area contributed by atoms with Gasteiger partial charge in [-0.25, -0.2) is 0 Å². The van der Waals surface area contributed by atoms with E-state index in [1.54, 1.807) is 7.11 Å². The molecule has 1 aromatic carbocycles. The highest BCUT2D eigenvalue weighted by Gasteiger charge is 2.40. The molecule has 4 heteroatoms. The zero-order valence-corrected chi connectivity index (χ0v) is 11.9. The Kier molecular flexibility index (Phi) is 4.80. The summed E-state index contributed by atoms with van der Waals surface area (Å²) < 4.78 is 16.8. The van der Waals surface area contributed by atoms with Crippen LogP contribution in [0.4, 0.5) is 0 Å². The molecule has 1 heterocycles. The summed E-state index contributed by atoms with van der Waals surface area (Å²) in [5, 5.41) is 3.39. The molecular formula is C15H23NO3. The van der Waals surface area contributed by atoms with Crippen molar-refractivity contribution in [2.45, 2.75) is 25.6 Å². The lowest BCUT2D eigenvalue weighted by Gasteiger charge is -2.33. The van der Waals surface area contributed by atoms with Gasteiger partial charge in [0, 0.05) is 6.54 Å². The molecular weight excluding hydrogens is 242 g/mol. The lowest BCUT2D eigenvalue weighted by molar-refractivity contribution is -0.159. The molecule has 1 unspecified atom stereocenters. The molecule has 0 aliphatic carbocycles. The van der Waals surface area contributed by atoms with E-state index in [-0.39, 0.29) is 5.92 Å². The van der Waals surface area contributed by atoms with E-state index in [0.29, 0.717) is 13.2 Å². The fraction of sp³-hybridized carbons (Fsp3) is 0.600. The zero-order chi connectivity index (χ0) is 13.7. The Bertz CT molecular complexity index is 385. The summed E-state index contributed by atoms with van der Waals surface area (Å²) >= 11 is 0. The summed E-state index contributed by atoms with van der Waals surface area (Å²) in [7, 11) is 1.68. The number of hydrogen-bond donors (Lipinski definition) is 1. The summed E-state index contributed by atoms with van der Waals surface area (Å²) in [6.45, 7) is 7.21. The molecule has 19 heavy (non-hydrogen) atoms. The van der Waals surface area contributed by atoms with Gasteiger partial charge >= 0.3 is 0 Å². The summed E-state index contributed by atoms with van der Waals surface area (Å²) in [5.41, 5.74) is 1.20. The van der Waals surface area contributed by atoms with Crippen molar-refractivity contribution < 1.29 is 14.2 Å². The maximum absolute atomic E-state index is 5.82. The second-order valence-electron chi connectivity index (χ2n) is 4.85. The number of methoxy groups -OCH3 is 1. The molecule has 1 saturated heterocycles. The van der Waals surface area contributed by atoms with Crippen LogP contribution in [-0.4, -0.2) is 39.2 Å². The van der Waals surface area contributed by atoms with Gasteiger partial charge in [-0.15, -0.1) is 0 Å². The molecule has 0 bridgehead atoms. The number of ether oxygens (including phenoxy) is 3. The third kappa shape index (κ3) is 3.26. The van der Waals surface area contributed by atoms with Gasteiger partial charge in [-0.05, 0) is 31.2 Å². The van der Waals surface area contributed by atoms with Crippen LogP contribution in [0.3, 0.4) is 0 Å². The van der Waals surface area contributed by atoms with Crippen molar-refractivity contribution >= 4 is 0 Å². The van der Waals surface area contributed by atoms with Crippen molar-refractivity contribution in [1.29, 1.82) is 0 Å². The van der Waals surface area contributed by atoms with Gasteiger partial charge in [0.25, 0.3) is 0 Å². The third-order valence-corrected chi connectivity index (χ3v) is 3.61. The molecule has 0 spiro atoms. The van der Waals surface area contributed by atoms with E-state index in [9.17, 15) is 0 Å². The topological polar surface area (TPSA) is 39.7 Å². The summed E-state index contributed by atoms with van der Waals surface area (Å²) in [6, 6.07) is 8.12. The van der Waals surface area contributed by atoms with Gasteiger partial charge in [0.2, 0.25) is 0 Å². The Labute approximate surface area is 115 Å². The third-order valence-electron chi connectivity index (χ3n) is 3.61. The average Bonchev–Trinajstić information content (AvgIpc) is 2.87. The summed E-state index contributed by atoms with van der Waals surface area (Å²) in [4.78, 5) is 0. The Hall–Kier alpha value is -1.10. The van der Waals surface area contributed by atoms with Crippen molar-refractivity contribution in [3.8, 4) is 5.75 Å². The standard InChI is InChI=1S/C15H23NO3/c1-4-16-11-14(15(2)18-9-10-19-15)12-5-7-13(17-3)8-6-12/h5-8,14,16H,4,9-11H2,1-3H3. The van der Waals surface area contributed by atoms with Crippen molar-refractivity contribution in [2.75, 3.05) is 33.4 Å². The largest absolute Gasteiger partial charge is 0.497 e. The minimum atomic E-state index is -0.545. The van der Waals surface area contributed by atoms with Gasteiger partial charge in [0.15, 0.2) is 5.79 Å². The maximum Gasteiger partial charge on any atom is 0.173 e. The molecule has 1 N–H and O–H groups in total. The van der Waals surface area contributed by atoms with Crippen LogP contribution in [-0.2, 0) is 9.47 Å². The Balaban J connectivity index is 2.20. The first kappa shape index (κ1) is 14.3. The molecule has 1 atom stereocenters. The number of benzene rings is 1. The molecule has 1 aliphatic heterocycles. The van der Waals surface area contributed by atoms with E-state index >= 15 is 0 Å². The zero-order valence-electron chi connectivity index (χ0n) is 11.9. The Morgan fingerprint density at radius 1 is 1.26 bits per heavy atom. The fourth-order valence-electron chi connectivity index (χ4n) is 2.46. The lowest BCUT2D eigenvalue weighted by Crippen LogP contribution is -2.40. The monoisotopic (exact) mass is 265 g/mol. The van der Waals surface area contributed by atoms with Crippen LogP contribution in [0, 0.1) is 0 Å². The van der Waals surface area contributed by atoms with Gasteiger partial charge in [-0.2, -0.15) is 0 Å². The number of nitrogens with one attached hydrogen (secondary N) is 1. The van der Waals surface area contributed by atoms with Crippen LogP contribution in [0.25, 0.3) is 0 Å². The normalized spacial score (nSPS) is 19.3. The van der Waals surface area contributed by atoms with E-state index < -0.39 is 5.79 Å². The first-order valence-corrected chi connectivity index (χ1v) is 6.82. The molecule has 106 valence electrons. The quantitative estimate of drug-likeness (QED) is 0.855. The van der Waals surface area contributed by atoms with Crippen LogP contribution in [0.15, 0.2) is 24.3 Å². The van der Waals surface area contributed by atoms with Gasteiger partial charge in [0.1, 0.15) is 5.75 Å². The minimum Gasteiger partial charge on any atom is -0.497 e. The summed E-state index contributed by atoms with van der Waals surface area (Å²) in [5.74, 6) is 0.488. The van der Waals surface area contributed by atoms with Crippen molar-refractivity contribution in [2.24, 2.45) is 0 Å². The number of hydrogen-bond acceptors (Lipinski definition) is 4. The average molecular weight is 265 g/mol. The van der Waals surface area contributed by atoms with E-state index in [2.05, 4.69) is 24.4 Å². The Morgan fingerprint density at radius 3 is 2.42 bits per heavy atom. The highest BCUT2D eigenvalue weighted by molar-refractivity contribution is 5.31. The molecule has 4 nitrogen and oxygen atoms in total. The van der Waals surface area contributed by atoms with Crippen molar-refractivity contribution in [1.82, 2.24) is 5.32 Å². The highest BCUT2D eigenvalue weighted by atomic mass is 16.7. The van der Waals surface area contributed by atoms with Crippen molar-refractivity contribution in [3.63, 3.8) is 0 Å². The van der Waals surface area contributed by atoms with Crippen LogP contribution in [0.5, 0.6) is 5.75 Å². The van der Waals surface area contributed by atoms with E-state index in [4.69, 9.17) is 14.2 Å². The molecule has 1 aliphatic rings. The van der Waals surface area contributed by atoms with Crippen LogP contribution >= 0.6 is 0 Å². The molecule has 1 aromatic rings. The fourth-order valence-corrected chi connectivity index (χ4v) is 2.46. The van der Waals surface area contributed by atoms with Gasteiger partial charge in [-0.1, -0.05) is 19.1 Å². The van der Waals surface area contributed by atoms with Crippen LogP contribution < -0.4 is 10.1 Å². The molecule has 0 saturated carbocycles. The van der Waals surface area contributed by atoms with Crippen LogP contribution in [0.2, 0.25) is 0 Å². The molecule has 1 fully saturated rings. The van der Waals surface area contributed by atoms with Crippen LogP contribution in [0.1, 0.15) is 25.3 Å². The molecule has 0 amide bonds. The van der Waals surface area contributed by atoms with E-state index in [0.717, 1.165) is 18.8 Å². The summed E-state index contributed by atoms with van der Waals surface area (Å²) in [6.07, 6.45) is 0. The van der Waals surface area contributed by atoms with Crippen molar-refractivity contribution in [3.05, 3.63) is 29.8 Å². The predicted molar refractivity (Wildman–Crippen MR) is 74.6 cm³/mol. The first-order valence-electron chi connectivity index (χ1n) is 6.82. The number of likely N-dealkylation sites (N-methyl/N-ethyl adjacent to an activating group) is 1. The molecule has 0 radical (unpaired) electrons.